The van der Waals surface area contributed by atoms with Gasteiger partial charge in [0.1, 0.15) is 5.60 Å². The number of hydrogen-bond acceptors (Lipinski definition) is 5. The standard InChI is InChI=1S/C13H23N3O2/c1-4-12(2,17-3)11-15-10(18-16-11)9-13(14)7-5-6-8-13/h4-9,14H2,1-3H3. The summed E-state index contributed by atoms with van der Waals surface area (Å²) in [6.45, 7) is 4.01. The Morgan fingerprint density at radius 2 is 2.11 bits per heavy atom. The van der Waals surface area contributed by atoms with Crippen molar-refractivity contribution in [1.29, 1.82) is 0 Å². The van der Waals surface area contributed by atoms with Crippen molar-refractivity contribution in [2.45, 2.75) is 63.5 Å². The minimum atomic E-state index is -0.473. The molecule has 0 radical (unpaired) electrons. The van der Waals surface area contributed by atoms with Crippen LogP contribution < -0.4 is 5.73 Å². The van der Waals surface area contributed by atoms with Crippen molar-refractivity contribution >= 4 is 0 Å². The molecule has 1 atom stereocenters. The zero-order valence-electron chi connectivity index (χ0n) is 11.5. The Balaban J connectivity index is 2.10. The number of rotatable bonds is 5. The van der Waals surface area contributed by atoms with E-state index in [1.54, 1.807) is 7.11 Å². The highest BCUT2D eigenvalue weighted by atomic mass is 16.5. The van der Waals surface area contributed by atoms with Gasteiger partial charge in [-0.1, -0.05) is 24.9 Å². The van der Waals surface area contributed by atoms with Crippen LogP contribution in [0.25, 0.3) is 0 Å². The van der Waals surface area contributed by atoms with Gasteiger partial charge < -0.3 is 15.0 Å². The highest BCUT2D eigenvalue weighted by Crippen LogP contribution is 2.31. The number of nitrogens with zero attached hydrogens (tertiary/aromatic N) is 2. The lowest BCUT2D eigenvalue weighted by Gasteiger charge is -2.22. The fourth-order valence-corrected chi connectivity index (χ4v) is 2.49. The first-order valence-electron chi connectivity index (χ1n) is 6.68. The quantitative estimate of drug-likeness (QED) is 0.870. The number of ether oxygens (including phenoxy) is 1. The van der Waals surface area contributed by atoms with E-state index in [0.29, 0.717) is 18.1 Å². The zero-order valence-corrected chi connectivity index (χ0v) is 11.5. The minimum Gasteiger partial charge on any atom is -0.370 e. The average molecular weight is 253 g/mol. The maximum atomic E-state index is 6.32. The fourth-order valence-electron chi connectivity index (χ4n) is 2.49. The predicted octanol–water partition coefficient (Wildman–Crippen LogP) is 2.16. The van der Waals surface area contributed by atoms with E-state index in [1.807, 2.05) is 13.8 Å². The van der Waals surface area contributed by atoms with Crippen LogP contribution in [0.15, 0.2) is 4.52 Å². The van der Waals surface area contributed by atoms with Crippen molar-refractivity contribution in [3.05, 3.63) is 11.7 Å². The molecular weight excluding hydrogens is 230 g/mol. The van der Waals surface area contributed by atoms with Gasteiger partial charge in [-0.05, 0) is 26.2 Å². The number of aromatic nitrogens is 2. The van der Waals surface area contributed by atoms with E-state index in [-0.39, 0.29) is 5.54 Å². The fraction of sp³-hybridized carbons (Fsp3) is 0.846. The lowest BCUT2D eigenvalue weighted by molar-refractivity contribution is -0.0106. The van der Waals surface area contributed by atoms with E-state index in [4.69, 9.17) is 15.0 Å². The summed E-state index contributed by atoms with van der Waals surface area (Å²) < 4.78 is 10.8. The Labute approximate surface area is 108 Å². The van der Waals surface area contributed by atoms with Gasteiger partial charge in [-0.2, -0.15) is 4.98 Å². The third kappa shape index (κ3) is 2.57. The smallest absolute Gasteiger partial charge is 0.228 e. The van der Waals surface area contributed by atoms with Gasteiger partial charge in [0.2, 0.25) is 11.7 Å². The Morgan fingerprint density at radius 1 is 1.44 bits per heavy atom. The average Bonchev–Trinajstić information content (AvgIpc) is 2.98. The van der Waals surface area contributed by atoms with Crippen molar-refractivity contribution in [2.75, 3.05) is 7.11 Å². The van der Waals surface area contributed by atoms with Crippen LogP contribution in [0, 0.1) is 0 Å². The van der Waals surface area contributed by atoms with Crippen LogP contribution >= 0.6 is 0 Å². The zero-order chi connectivity index (χ0) is 13.2. The molecular formula is C13H23N3O2. The molecule has 1 aromatic heterocycles. The second-order valence-electron chi connectivity index (χ2n) is 5.55. The van der Waals surface area contributed by atoms with Crippen LogP contribution in [0.3, 0.4) is 0 Å². The summed E-state index contributed by atoms with van der Waals surface area (Å²) in [6.07, 6.45) is 5.95. The van der Waals surface area contributed by atoms with Crippen molar-refractivity contribution in [3.8, 4) is 0 Å². The summed E-state index contributed by atoms with van der Waals surface area (Å²) in [6, 6.07) is 0. The summed E-state index contributed by atoms with van der Waals surface area (Å²) in [5, 5.41) is 4.04. The van der Waals surface area contributed by atoms with Crippen molar-refractivity contribution < 1.29 is 9.26 Å². The molecule has 1 saturated carbocycles. The second-order valence-corrected chi connectivity index (χ2v) is 5.55. The van der Waals surface area contributed by atoms with E-state index in [0.717, 1.165) is 19.3 Å². The number of nitrogens with two attached hydrogens (primary N) is 1. The summed E-state index contributed by atoms with van der Waals surface area (Å²) in [4.78, 5) is 4.45. The molecule has 1 aliphatic rings. The van der Waals surface area contributed by atoms with Crippen molar-refractivity contribution in [3.63, 3.8) is 0 Å². The highest BCUT2D eigenvalue weighted by molar-refractivity contribution is 5.03. The largest absolute Gasteiger partial charge is 0.370 e. The van der Waals surface area contributed by atoms with Crippen LogP contribution in [0.5, 0.6) is 0 Å². The number of hydrogen-bond donors (Lipinski definition) is 1. The molecule has 0 saturated heterocycles. The van der Waals surface area contributed by atoms with E-state index >= 15 is 0 Å². The second kappa shape index (κ2) is 4.97. The van der Waals surface area contributed by atoms with Crippen LogP contribution in [0.1, 0.15) is 57.7 Å². The molecule has 0 bridgehead atoms. The number of methoxy groups -OCH3 is 1. The molecule has 2 N–H and O–H groups in total. The minimum absolute atomic E-state index is 0.153. The topological polar surface area (TPSA) is 74.2 Å². The molecule has 1 heterocycles. The molecule has 102 valence electrons. The van der Waals surface area contributed by atoms with Crippen LogP contribution in [0.2, 0.25) is 0 Å². The van der Waals surface area contributed by atoms with E-state index in [1.165, 1.54) is 12.8 Å². The van der Waals surface area contributed by atoms with Gasteiger partial charge in [0.05, 0.1) is 0 Å². The molecule has 18 heavy (non-hydrogen) atoms. The summed E-state index contributed by atoms with van der Waals surface area (Å²) in [5.41, 5.74) is 5.69. The van der Waals surface area contributed by atoms with Gasteiger partial charge >= 0.3 is 0 Å². The molecule has 2 rings (SSSR count). The molecule has 0 amide bonds. The van der Waals surface area contributed by atoms with Crippen molar-refractivity contribution in [2.24, 2.45) is 5.73 Å². The molecule has 5 nitrogen and oxygen atoms in total. The Morgan fingerprint density at radius 3 is 2.67 bits per heavy atom. The molecule has 1 aromatic rings. The molecule has 5 heteroatoms. The summed E-state index contributed by atoms with van der Waals surface area (Å²) in [5.74, 6) is 1.25. The lowest BCUT2D eigenvalue weighted by Crippen LogP contribution is -2.38. The van der Waals surface area contributed by atoms with Gasteiger partial charge in [-0.25, -0.2) is 0 Å². The molecule has 0 aliphatic heterocycles. The van der Waals surface area contributed by atoms with Gasteiger partial charge in [0, 0.05) is 19.1 Å². The highest BCUT2D eigenvalue weighted by Gasteiger charge is 2.34. The van der Waals surface area contributed by atoms with Crippen LogP contribution in [-0.4, -0.2) is 22.8 Å². The summed E-state index contributed by atoms with van der Waals surface area (Å²) in [7, 11) is 1.67. The first kappa shape index (κ1) is 13.5. The maximum absolute atomic E-state index is 6.32. The van der Waals surface area contributed by atoms with Crippen LogP contribution in [-0.2, 0) is 16.8 Å². The van der Waals surface area contributed by atoms with Crippen molar-refractivity contribution in [1.82, 2.24) is 10.1 Å². The van der Waals surface area contributed by atoms with Crippen LogP contribution in [0.4, 0.5) is 0 Å². The van der Waals surface area contributed by atoms with Gasteiger partial charge in [-0.3, -0.25) is 0 Å². The predicted molar refractivity (Wildman–Crippen MR) is 68.0 cm³/mol. The molecule has 1 unspecified atom stereocenters. The third-order valence-corrected chi connectivity index (χ3v) is 4.17. The van der Waals surface area contributed by atoms with Gasteiger partial charge in [-0.15, -0.1) is 0 Å². The van der Waals surface area contributed by atoms with E-state index in [2.05, 4.69) is 10.1 Å². The molecule has 0 aromatic carbocycles. The van der Waals surface area contributed by atoms with Gasteiger partial charge in [0.15, 0.2) is 0 Å². The summed E-state index contributed by atoms with van der Waals surface area (Å²) >= 11 is 0. The van der Waals surface area contributed by atoms with Gasteiger partial charge in [0.25, 0.3) is 0 Å². The third-order valence-electron chi connectivity index (χ3n) is 4.17. The monoisotopic (exact) mass is 253 g/mol. The Hall–Kier alpha value is -0.940. The van der Waals surface area contributed by atoms with E-state index < -0.39 is 5.60 Å². The SMILES string of the molecule is CCC(C)(OC)c1noc(CC2(N)CCCC2)n1. The molecule has 0 spiro atoms. The Bertz CT molecular complexity index is 393. The first-order chi connectivity index (χ1) is 8.51. The normalized spacial score (nSPS) is 22.0. The maximum Gasteiger partial charge on any atom is 0.228 e. The van der Waals surface area contributed by atoms with E-state index in [9.17, 15) is 0 Å². The Kier molecular flexibility index (Phi) is 3.73. The first-order valence-corrected chi connectivity index (χ1v) is 6.68. The lowest BCUT2D eigenvalue weighted by atomic mass is 9.95. The molecule has 1 aliphatic carbocycles. The molecule has 1 fully saturated rings.